The van der Waals surface area contributed by atoms with Crippen molar-refractivity contribution in [2.24, 2.45) is 13.0 Å². The molecule has 1 unspecified atom stereocenters. The van der Waals surface area contributed by atoms with E-state index >= 15 is 0 Å². The number of nitrogens with one attached hydrogen (secondary N) is 1. The van der Waals surface area contributed by atoms with E-state index in [1.807, 2.05) is 26.4 Å². The summed E-state index contributed by atoms with van der Waals surface area (Å²) in [5.74, 6) is 1.60. The van der Waals surface area contributed by atoms with Gasteiger partial charge in [-0.2, -0.15) is 5.10 Å². The van der Waals surface area contributed by atoms with E-state index < -0.39 is 0 Å². The Morgan fingerprint density at radius 3 is 3.19 bits per heavy atom. The second kappa shape index (κ2) is 5.71. The average Bonchev–Trinajstić information content (AvgIpc) is 3.09. The van der Waals surface area contributed by atoms with Crippen LogP contribution >= 0.6 is 0 Å². The Balaban J connectivity index is 1.59. The number of aryl methyl sites for hydroxylation is 3. The molecular weight excluding hydrogens is 266 g/mol. The highest BCUT2D eigenvalue weighted by atomic mass is 16.1. The molecule has 1 aliphatic heterocycles. The predicted octanol–water partition coefficient (Wildman–Crippen LogP) is 1.17. The van der Waals surface area contributed by atoms with E-state index in [0.717, 1.165) is 37.3 Å². The van der Waals surface area contributed by atoms with Crippen LogP contribution in [0, 0.1) is 5.92 Å². The summed E-state index contributed by atoms with van der Waals surface area (Å²) in [6.45, 7) is 3.65. The van der Waals surface area contributed by atoms with Crippen molar-refractivity contribution in [1.29, 1.82) is 0 Å². The highest BCUT2D eigenvalue weighted by Gasteiger charge is 2.20. The number of fused-ring (bicyclic) bond motifs is 1. The fourth-order valence-corrected chi connectivity index (χ4v) is 2.92. The van der Waals surface area contributed by atoms with E-state index in [2.05, 4.69) is 20.0 Å². The molecule has 1 amide bonds. The van der Waals surface area contributed by atoms with Crippen LogP contribution in [0.3, 0.4) is 0 Å². The SMILES string of the molecule is CCc1nn(C)cc1C(=O)NCC1CCc2nccn2C1. The van der Waals surface area contributed by atoms with Crippen LogP contribution in [-0.2, 0) is 26.4 Å². The maximum atomic E-state index is 12.3. The van der Waals surface area contributed by atoms with Gasteiger partial charge in [-0.1, -0.05) is 6.92 Å². The number of hydrogen-bond donors (Lipinski definition) is 1. The summed E-state index contributed by atoms with van der Waals surface area (Å²) in [7, 11) is 1.84. The van der Waals surface area contributed by atoms with Gasteiger partial charge in [0, 0.05) is 45.1 Å². The zero-order chi connectivity index (χ0) is 14.8. The molecule has 0 bridgehead atoms. The number of hydrogen-bond acceptors (Lipinski definition) is 3. The molecule has 3 heterocycles. The van der Waals surface area contributed by atoms with Crippen LogP contribution in [0.5, 0.6) is 0 Å². The minimum atomic E-state index is -0.0172. The van der Waals surface area contributed by atoms with E-state index in [-0.39, 0.29) is 5.91 Å². The fraction of sp³-hybridized carbons (Fsp3) is 0.533. The first kappa shape index (κ1) is 13.9. The largest absolute Gasteiger partial charge is 0.352 e. The summed E-state index contributed by atoms with van der Waals surface area (Å²) >= 11 is 0. The molecule has 0 saturated carbocycles. The topological polar surface area (TPSA) is 64.7 Å². The van der Waals surface area contributed by atoms with Gasteiger partial charge < -0.3 is 9.88 Å². The van der Waals surface area contributed by atoms with Gasteiger partial charge in [-0.15, -0.1) is 0 Å². The van der Waals surface area contributed by atoms with Crippen LogP contribution in [0.15, 0.2) is 18.6 Å². The zero-order valence-electron chi connectivity index (χ0n) is 12.5. The quantitative estimate of drug-likeness (QED) is 0.918. The third kappa shape index (κ3) is 2.84. The van der Waals surface area contributed by atoms with E-state index in [4.69, 9.17) is 0 Å². The molecule has 2 aromatic heterocycles. The van der Waals surface area contributed by atoms with Gasteiger partial charge >= 0.3 is 0 Å². The molecule has 1 atom stereocenters. The molecule has 3 rings (SSSR count). The van der Waals surface area contributed by atoms with Crippen molar-refractivity contribution in [1.82, 2.24) is 24.6 Å². The predicted molar refractivity (Wildman–Crippen MR) is 79.0 cm³/mol. The van der Waals surface area contributed by atoms with Crippen LogP contribution in [0.25, 0.3) is 0 Å². The number of aromatic nitrogens is 4. The molecule has 2 aromatic rings. The lowest BCUT2D eigenvalue weighted by molar-refractivity contribution is 0.0942. The monoisotopic (exact) mass is 287 g/mol. The average molecular weight is 287 g/mol. The molecule has 6 heteroatoms. The van der Waals surface area contributed by atoms with Gasteiger partial charge in [-0.05, 0) is 18.8 Å². The summed E-state index contributed by atoms with van der Waals surface area (Å²) in [5, 5.41) is 7.36. The number of imidazole rings is 1. The van der Waals surface area contributed by atoms with Crippen molar-refractivity contribution in [3.8, 4) is 0 Å². The van der Waals surface area contributed by atoms with E-state index in [1.165, 1.54) is 0 Å². The molecule has 6 nitrogen and oxygen atoms in total. The summed E-state index contributed by atoms with van der Waals surface area (Å²) in [6.07, 6.45) is 8.49. The van der Waals surface area contributed by atoms with Crippen molar-refractivity contribution >= 4 is 5.91 Å². The van der Waals surface area contributed by atoms with Crippen molar-refractivity contribution < 1.29 is 4.79 Å². The Morgan fingerprint density at radius 1 is 1.52 bits per heavy atom. The van der Waals surface area contributed by atoms with Crippen molar-refractivity contribution in [3.05, 3.63) is 35.7 Å². The Kier molecular flexibility index (Phi) is 3.77. The lowest BCUT2D eigenvalue weighted by Crippen LogP contribution is -2.33. The first-order chi connectivity index (χ1) is 10.2. The van der Waals surface area contributed by atoms with E-state index in [0.29, 0.717) is 18.0 Å². The molecule has 0 spiro atoms. The highest BCUT2D eigenvalue weighted by Crippen LogP contribution is 2.18. The van der Waals surface area contributed by atoms with Gasteiger partial charge in [0.05, 0.1) is 11.3 Å². The van der Waals surface area contributed by atoms with Crippen LogP contribution in [-0.4, -0.2) is 31.8 Å². The second-order valence-corrected chi connectivity index (χ2v) is 5.63. The van der Waals surface area contributed by atoms with Gasteiger partial charge in [-0.25, -0.2) is 4.98 Å². The molecule has 0 radical (unpaired) electrons. The lowest BCUT2D eigenvalue weighted by atomic mass is 9.99. The Labute approximate surface area is 124 Å². The molecular formula is C15H21N5O. The van der Waals surface area contributed by atoms with Gasteiger partial charge in [-0.3, -0.25) is 9.48 Å². The first-order valence-electron chi connectivity index (χ1n) is 7.48. The Hall–Kier alpha value is -2.11. The van der Waals surface area contributed by atoms with Gasteiger partial charge in [0.25, 0.3) is 5.91 Å². The number of carbonyl (C=O) groups is 1. The summed E-state index contributed by atoms with van der Waals surface area (Å²) in [5.41, 5.74) is 1.55. The maximum Gasteiger partial charge on any atom is 0.254 e. The highest BCUT2D eigenvalue weighted by molar-refractivity contribution is 5.95. The number of carbonyl (C=O) groups excluding carboxylic acids is 1. The Bertz CT molecular complexity index is 642. The van der Waals surface area contributed by atoms with Crippen LogP contribution in [0.2, 0.25) is 0 Å². The van der Waals surface area contributed by atoms with Crippen LogP contribution < -0.4 is 5.32 Å². The molecule has 1 N–H and O–H groups in total. The van der Waals surface area contributed by atoms with E-state index in [9.17, 15) is 4.79 Å². The smallest absolute Gasteiger partial charge is 0.254 e. The van der Waals surface area contributed by atoms with Crippen molar-refractivity contribution in [3.63, 3.8) is 0 Å². The fourth-order valence-electron chi connectivity index (χ4n) is 2.92. The van der Waals surface area contributed by atoms with Gasteiger partial charge in [0.15, 0.2) is 0 Å². The number of rotatable bonds is 4. The summed E-state index contributed by atoms with van der Waals surface area (Å²) < 4.78 is 3.88. The summed E-state index contributed by atoms with van der Waals surface area (Å²) in [4.78, 5) is 16.6. The number of amides is 1. The van der Waals surface area contributed by atoms with Gasteiger partial charge in [0.2, 0.25) is 0 Å². The third-order valence-electron chi connectivity index (χ3n) is 4.07. The molecule has 0 aliphatic carbocycles. The van der Waals surface area contributed by atoms with Crippen LogP contribution in [0.1, 0.15) is 35.2 Å². The Morgan fingerprint density at radius 2 is 2.38 bits per heavy atom. The molecule has 0 aromatic carbocycles. The molecule has 0 fully saturated rings. The maximum absolute atomic E-state index is 12.3. The molecule has 1 aliphatic rings. The number of nitrogens with zero attached hydrogens (tertiary/aromatic N) is 4. The second-order valence-electron chi connectivity index (χ2n) is 5.63. The molecule has 0 saturated heterocycles. The van der Waals surface area contributed by atoms with Gasteiger partial charge in [0.1, 0.15) is 5.82 Å². The van der Waals surface area contributed by atoms with E-state index in [1.54, 1.807) is 10.9 Å². The summed E-state index contributed by atoms with van der Waals surface area (Å²) in [6, 6.07) is 0. The van der Waals surface area contributed by atoms with Crippen LogP contribution in [0.4, 0.5) is 0 Å². The lowest BCUT2D eigenvalue weighted by Gasteiger charge is -2.23. The minimum absolute atomic E-state index is 0.0172. The standard InChI is InChI=1S/C15H21N5O/c1-3-13-12(10-19(2)18-13)15(21)17-8-11-4-5-14-16-6-7-20(14)9-11/h6-7,10-11H,3-5,8-9H2,1-2H3,(H,17,21). The third-order valence-corrected chi connectivity index (χ3v) is 4.07. The first-order valence-corrected chi connectivity index (χ1v) is 7.48. The van der Waals surface area contributed by atoms with Crippen molar-refractivity contribution in [2.75, 3.05) is 6.54 Å². The zero-order valence-corrected chi connectivity index (χ0v) is 12.5. The minimum Gasteiger partial charge on any atom is -0.352 e. The normalized spacial score (nSPS) is 17.5. The van der Waals surface area contributed by atoms with Crippen molar-refractivity contribution in [2.45, 2.75) is 32.7 Å². The molecule has 21 heavy (non-hydrogen) atoms. The molecule has 112 valence electrons.